The highest BCUT2D eigenvalue weighted by atomic mass is 32.1. The number of hydrogen-bond donors (Lipinski definition) is 1. The van der Waals surface area contributed by atoms with Crippen molar-refractivity contribution in [2.45, 2.75) is 78.1 Å². The molecule has 3 aromatic rings. The minimum absolute atomic E-state index is 0.0228. The Balaban J connectivity index is 1.37. The highest BCUT2D eigenvalue weighted by Crippen LogP contribution is 2.42. The van der Waals surface area contributed by atoms with E-state index < -0.39 is 5.41 Å². The lowest BCUT2D eigenvalue weighted by Crippen LogP contribution is -2.42. The van der Waals surface area contributed by atoms with Gasteiger partial charge in [0.05, 0.1) is 18.2 Å². The van der Waals surface area contributed by atoms with Gasteiger partial charge in [-0.05, 0) is 67.0 Å². The van der Waals surface area contributed by atoms with Crippen molar-refractivity contribution < 1.29 is 14.3 Å². The van der Waals surface area contributed by atoms with Crippen LogP contribution in [0.4, 0.5) is 10.8 Å². The predicted octanol–water partition coefficient (Wildman–Crippen LogP) is 7.29. The molecule has 0 atom stereocenters. The molecule has 0 radical (unpaired) electrons. The second kappa shape index (κ2) is 10.8. The zero-order chi connectivity index (χ0) is 27.8. The maximum absolute atomic E-state index is 13.8. The molecule has 6 nitrogen and oxygen atoms in total. The number of nitrogens with one attached hydrogen (secondary N) is 1. The fraction of sp³-hybridized carbons (Fsp3) is 0.469. The maximum Gasteiger partial charge on any atom is 0.236 e. The molecule has 7 heteroatoms. The fourth-order valence-electron chi connectivity index (χ4n) is 6.00. The molecular weight excluding hydrogens is 506 g/mol. The number of ether oxygens (including phenoxy) is 1. The number of rotatable bonds is 6. The van der Waals surface area contributed by atoms with Crippen molar-refractivity contribution in [1.29, 1.82) is 0 Å². The lowest BCUT2D eigenvalue weighted by Gasteiger charge is -2.36. The van der Waals surface area contributed by atoms with Crippen molar-refractivity contribution in [3.05, 3.63) is 58.5 Å². The summed E-state index contributed by atoms with van der Waals surface area (Å²) in [6.07, 6.45) is 6.26. The van der Waals surface area contributed by atoms with Crippen molar-refractivity contribution in [3.63, 3.8) is 0 Å². The molecule has 1 fully saturated rings. The van der Waals surface area contributed by atoms with E-state index in [0.717, 1.165) is 78.2 Å². The van der Waals surface area contributed by atoms with Gasteiger partial charge in [0.25, 0.3) is 0 Å². The van der Waals surface area contributed by atoms with Crippen LogP contribution in [0.25, 0.3) is 11.3 Å². The standard InChI is InChI=1S/C32H39N3O3S/c1-21-28(23-9-14-26-22(19-23)15-18-35(26)27(36)20-31(2,3)4)33-30(39-21)34-29(37)32(16-7-6-8-17-32)24-10-12-25(38-5)13-11-24/h9-14,19H,6-8,15-18,20H2,1-5H3,(H,33,34,37). The Kier molecular flexibility index (Phi) is 7.55. The molecule has 0 spiro atoms. The number of aryl methyl sites for hydroxylation is 1. The number of fused-ring (bicyclic) bond motifs is 1. The highest BCUT2D eigenvalue weighted by molar-refractivity contribution is 7.16. The molecule has 1 aliphatic carbocycles. The van der Waals surface area contributed by atoms with E-state index in [-0.39, 0.29) is 17.2 Å². The first-order valence-electron chi connectivity index (χ1n) is 14.0. The Morgan fingerprint density at radius 2 is 1.79 bits per heavy atom. The number of nitrogens with zero attached hydrogens (tertiary/aromatic N) is 2. The molecule has 2 aliphatic rings. The number of carbonyl (C=O) groups excluding carboxylic acids is 2. The van der Waals surface area contributed by atoms with Gasteiger partial charge in [0, 0.05) is 29.1 Å². The number of thiazole rings is 1. The van der Waals surface area contributed by atoms with Crippen LogP contribution < -0.4 is 15.0 Å². The van der Waals surface area contributed by atoms with E-state index in [9.17, 15) is 9.59 Å². The highest BCUT2D eigenvalue weighted by Gasteiger charge is 2.41. The molecular formula is C32H39N3O3S. The summed E-state index contributed by atoms with van der Waals surface area (Å²) in [5.74, 6) is 0.994. The number of methoxy groups -OCH3 is 1. The van der Waals surface area contributed by atoms with Crippen LogP contribution in [-0.2, 0) is 21.4 Å². The van der Waals surface area contributed by atoms with Crippen molar-refractivity contribution in [2.24, 2.45) is 5.41 Å². The number of hydrogen-bond acceptors (Lipinski definition) is 5. The summed E-state index contributed by atoms with van der Waals surface area (Å²) >= 11 is 1.52. The van der Waals surface area contributed by atoms with Crippen LogP contribution in [0, 0.1) is 12.3 Å². The van der Waals surface area contributed by atoms with Gasteiger partial charge in [-0.2, -0.15) is 0 Å². The van der Waals surface area contributed by atoms with Crippen LogP contribution in [0.3, 0.4) is 0 Å². The Morgan fingerprint density at radius 3 is 2.46 bits per heavy atom. The molecule has 2 amide bonds. The van der Waals surface area contributed by atoms with Crippen LogP contribution >= 0.6 is 11.3 Å². The van der Waals surface area contributed by atoms with E-state index in [1.807, 2.05) is 29.2 Å². The van der Waals surface area contributed by atoms with Crippen molar-refractivity contribution in [1.82, 2.24) is 4.98 Å². The van der Waals surface area contributed by atoms with Gasteiger partial charge in [0.15, 0.2) is 5.13 Å². The van der Waals surface area contributed by atoms with Gasteiger partial charge >= 0.3 is 0 Å². The molecule has 0 unspecified atom stereocenters. The molecule has 0 saturated heterocycles. The molecule has 1 aromatic heterocycles. The first-order chi connectivity index (χ1) is 18.6. The first-order valence-corrected chi connectivity index (χ1v) is 14.8. The van der Waals surface area contributed by atoms with Crippen LogP contribution in [0.2, 0.25) is 0 Å². The van der Waals surface area contributed by atoms with Gasteiger partial charge in [-0.15, -0.1) is 11.3 Å². The molecule has 1 saturated carbocycles. The zero-order valence-electron chi connectivity index (χ0n) is 23.7. The van der Waals surface area contributed by atoms with E-state index >= 15 is 0 Å². The van der Waals surface area contributed by atoms with Crippen molar-refractivity contribution in [2.75, 3.05) is 23.9 Å². The monoisotopic (exact) mass is 545 g/mol. The first kappa shape index (κ1) is 27.4. The molecule has 2 heterocycles. The zero-order valence-corrected chi connectivity index (χ0v) is 24.5. The summed E-state index contributed by atoms with van der Waals surface area (Å²) < 4.78 is 5.34. The largest absolute Gasteiger partial charge is 0.497 e. The van der Waals surface area contributed by atoms with Crippen LogP contribution in [0.5, 0.6) is 5.75 Å². The lowest BCUT2D eigenvalue weighted by atomic mass is 9.68. The Labute approximate surface area is 235 Å². The molecule has 0 bridgehead atoms. The van der Waals surface area contributed by atoms with Gasteiger partial charge < -0.3 is 15.0 Å². The number of anilines is 2. The van der Waals surface area contributed by atoms with E-state index in [0.29, 0.717) is 11.6 Å². The molecule has 1 N–H and O–H groups in total. The second-order valence-corrected chi connectivity index (χ2v) is 13.3. The van der Waals surface area contributed by atoms with Crippen LogP contribution in [0.15, 0.2) is 42.5 Å². The van der Waals surface area contributed by atoms with Crippen LogP contribution in [0.1, 0.15) is 75.3 Å². The van der Waals surface area contributed by atoms with Gasteiger partial charge in [0.1, 0.15) is 5.75 Å². The number of aromatic nitrogens is 1. The molecule has 39 heavy (non-hydrogen) atoms. The number of amides is 2. The predicted molar refractivity (Wildman–Crippen MR) is 159 cm³/mol. The molecule has 5 rings (SSSR count). The van der Waals surface area contributed by atoms with Crippen molar-refractivity contribution in [3.8, 4) is 17.0 Å². The summed E-state index contributed by atoms with van der Waals surface area (Å²) in [6, 6.07) is 14.2. The summed E-state index contributed by atoms with van der Waals surface area (Å²) in [6.45, 7) is 9.06. The van der Waals surface area contributed by atoms with Gasteiger partial charge in [-0.25, -0.2) is 4.98 Å². The van der Waals surface area contributed by atoms with E-state index in [2.05, 4.69) is 51.2 Å². The third-order valence-electron chi connectivity index (χ3n) is 8.03. The smallest absolute Gasteiger partial charge is 0.236 e. The van der Waals surface area contributed by atoms with Gasteiger partial charge in [-0.3, -0.25) is 9.59 Å². The quantitative estimate of drug-likeness (QED) is 0.353. The minimum Gasteiger partial charge on any atom is -0.497 e. The average Bonchev–Trinajstić information content (AvgIpc) is 3.50. The fourth-order valence-corrected chi connectivity index (χ4v) is 6.83. The number of benzene rings is 2. The summed E-state index contributed by atoms with van der Waals surface area (Å²) in [5.41, 5.74) is 4.54. The molecule has 2 aromatic carbocycles. The third kappa shape index (κ3) is 5.60. The Morgan fingerprint density at radius 1 is 1.08 bits per heavy atom. The molecule has 206 valence electrons. The SMILES string of the molecule is COc1ccc(C2(C(=O)Nc3nc(-c4ccc5c(c4)CCN5C(=O)CC(C)(C)C)c(C)s3)CCCCC2)cc1. The number of carbonyl (C=O) groups is 2. The topological polar surface area (TPSA) is 71.5 Å². The normalized spacial score (nSPS) is 16.6. The summed E-state index contributed by atoms with van der Waals surface area (Å²) in [7, 11) is 1.66. The second-order valence-electron chi connectivity index (χ2n) is 12.1. The minimum atomic E-state index is -0.555. The maximum atomic E-state index is 13.8. The Hall–Kier alpha value is -3.19. The lowest BCUT2D eigenvalue weighted by molar-refractivity contribution is -0.123. The van der Waals surface area contributed by atoms with Gasteiger partial charge in [-0.1, -0.05) is 58.2 Å². The Bertz CT molecular complexity index is 1360. The van der Waals surface area contributed by atoms with E-state index in [1.54, 1.807) is 7.11 Å². The summed E-state index contributed by atoms with van der Waals surface area (Å²) in [5, 5.41) is 3.82. The van der Waals surface area contributed by atoms with Crippen molar-refractivity contribution >= 4 is 34.0 Å². The van der Waals surface area contributed by atoms with Gasteiger partial charge in [0.2, 0.25) is 11.8 Å². The van der Waals surface area contributed by atoms with Crippen LogP contribution in [-0.4, -0.2) is 30.5 Å². The third-order valence-corrected chi connectivity index (χ3v) is 8.92. The average molecular weight is 546 g/mol. The molecule has 1 aliphatic heterocycles. The van der Waals surface area contributed by atoms with E-state index in [4.69, 9.17) is 9.72 Å². The van der Waals surface area contributed by atoms with E-state index in [1.165, 1.54) is 16.9 Å². The summed E-state index contributed by atoms with van der Waals surface area (Å²) in [4.78, 5) is 34.6.